The fourth-order valence-corrected chi connectivity index (χ4v) is 2.48. The van der Waals surface area contributed by atoms with E-state index < -0.39 is 0 Å². The van der Waals surface area contributed by atoms with Crippen LogP contribution >= 0.6 is 23.4 Å². The highest BCUT2D eigenvalue weighted by Gasteiger charge is 2.06. The fraction of sp³-hybridized carbons (Fsp3) is 0.364. The molecule has 0 aromatic heterocycles. The van der Waals surface area contributed by atoms with Crippen LogP contribution in [0.2, 0.25) is 5.02 Å². The average molecular weight is 245 g/mol. The zero-order valence-corrected chi connectivity index (χ0v) is 10.5. The second kappa shape index (κ2) is 5.42. The quantitative estimate of drug-likeness (QED) is 0.602. The second-order valence-corrected chi connectivity index (χ2v) is 4.43. The maximum atomic E-state index is 10.7. The Morgan fingerprint density at radius 3 is 2.67 bits per heavy atom. The van der Waals surface area contributed by atoms with Crippen molar-refractivity contribution in [3.05, 3.63) is 28.3 Å². The van der Waals surface area contributed by atoms with Gasteiger partial charge in [0.1, 0.15) is 6.61 Å². The Bertz CT molecular complexity index is 354. The highest BCUT2D eigenvalue weighted by Crippen LogP contribution is 2.30. The normalized spacial score (nSPS) is 10.1. The zero-order chi connectivity index (χ0) is 11.4. The molecule has 0 fully saturated rings. The first-order chi connectivity index (χ1) is 7.04. The van der Waals surface area contributed by atoms with Gasteiger partial charge >= 0.3 is 5.97 Å². The Morgan fingerprint density at radius 1 is 1.53 bits per heavy atom. The van der Waals surface area contributed by atoms with E-state index in [0.717, 1.165) is 16.0 Å². The third-order valence-corrected chi connectivity index (χ3v) is 3.30. The van der Waals surface area contributed by atoms with Gasteiger partial charge in [-0.25, -0.2) is 0 Å². The molecule has 0 N–H and O–H groups in total. The summed E-state index contributed by atoms with van der Waals surface area (Å²) in [4.78, 5) is 11.7. The number of carbonyl (C=O) groups excluding carboxylic acids is 1. The lowest BCUT2D eigenvalue weighted by molar-refractivity contribution is -0.142. The molecule has 0 aliphatic carbocycles. The van der Waals surface area contributed by atoms with E-state index in [4.69, 9.17) is 16.3 Å². The van der Waals surface area contributed by atoms with Crippen LogP contribution in [-0.2, 0) is 16.1 Å². The molecular weight excluding hydrogens is 232 g/mol. The number of thioether (sulfide) groups is 1. The molecule has 0 atom stereocenters. The number of carbonyl (C=O) groups is 1. The molecule has 0 aliphatic rings. The van der Waals surface area contributed by atoms with E-state index in [9.17, 15) is 4.79 Å². The summed E-state index contributed by atoms with van der Waals surface area (Å²) in [6.45, 7) is 3.67. The standard InChI is InChI=1S/C11H13ClO2S/c1-7-4-9(6-14-8(2)13)5-10(12)11(7)15-3/h4-5H,6H2,1-3H3. The molecule has 4 heteroatoms. The van der Waals surface area contributed by atoms with Crippen molar-refractivity contribution in [1.29, 1.82) is 0 Å². The van der Waals surface area contributed by atoms with Gasteiger partial charge in [0.05, 0.1) is 5.02 Å². The van der Waals surface area contributed by atoms with Crippen LogP contribution in [0.25, 0.3) is 0 Å². The number of hydrogen-bond donors (Lipinski definition) is 0. The summed E-state index contributed by atoms with van der Waals surface area (Å²) >= 11 is 7.70. The lowest BCUT2D eigenvalue weighted by Gasteiger charge is -2.09. The molecule has 15 heavy (non-hydrogen) atoms. The zero-order valence-electron chi connectivity index (χ0n) is 8.96. The summed E-state index contributed by atoms with van der Waals surface area (Å²) in [6.07, 6.45) is 1.99. The van der Waals surface area contributed by atoms with Gasteiger partial charge in [0.25, 0.3) is 0 Å². The number of hydrogen-bond acceptors (Lipinski definition) is 3. The minimum Gasteiger partial charge on any atom is -0.461 e. The van der Waals surface area contributed by atoms with E-state index in [1.54, 1.807) is 11.8 Å². The van der Waals surface area contributed by atoms with Crippen LogP contribution < -0.4 is 0 Å². The molecule has 0 saturated heterocycles. The van der Waals surface area contributed by atoms with Crippen LogP contribution in [0.3, 0.4) is 0 Å². The van der Waals surface area contributed by atoms with E-state index in [-0.39, 0.29) is 12.6 Å². The smallest absolute Gasteiger partial charge is 0.302 e. The van der Waals surface area contributed by atoms with Crippen molar-refractivity contribution in [3.8, 4) is 0 Å². The molecule has 1 aromatic rings. The van der Waals surface area contributed by atoms with Gasteiger partial charge < -0.3 is 4.74 Å². The minimum absolute atomic E-state index is 0.280. The Balaban J connectivity index is 2.88. The number of aryl methyl sites for hydroxylation is 1. The van der Waals surface area contributed by atoms with Gasteiger partial charge in [0.15, 0.2) is 0 Å². The van der Waals surface area contributed by atoms with Gasteiger partial charge in [0, 0.05) is 11.8 Å². The van der Waals surface area contributed by atoms with Crippen LogP contribution in [0.4, 0.5) is 0 Å². The first kappa shape index (κ1) is 12.4. The number of halogens is 1. The van der Waals surface area contributed by atoms with Gasteiger partial charge in [-0.05, 0) is 30.4 Å². The Kier molecular flexibility index (Phi) is 4.48. The molecule has 0 radical (unpaired) electrons. The largest absolute Gasteiger partial charge is 0.461 e. The van der Waals surface area contributed by atoms with Gasteiger partial charge in [0.2, 0.25) is 0 Å². The highest BCUT2D eigenvalue weighted by atomic mass is 35.5. The highest BCUT2D eigenvalue weighted by molar-refractivity contribution is 7.98. The van der Waals surface area contributed by atoms with E-state index in [0.29, 0.717) is 5.02 Å². The van der Waals surface area contributed by atoms with Crippen molar-refractivity contribution in [2.75, 3.05) is 6.26 Å². The number of esters is 1. The van der Waals surface area contributed by atoms with E-state index in [2.05, 4.69) is 0 Å². The van der Waals surface area contributed by atoms with Crippen LogP contribution in [0.15, 0.2) is 17.0 Å². The molecule has 1 aromatic carbocycles. The van der Waals surface area contributed by atoms with E-state index in [1.165, 1.54) is 6.92 Å². The molecule has 2 nitrogen and oxygen atoms in total. The molecule has 1 rings (SSSR count). The van der Waals surface area contributed by atoms with Crippen molar-refractivity contribution in [1.82, 2.24) is 0 Å². The van der Waals surface area contributed by atoms with Crippen molar-refractivity contribution in [2.24, 2.45) is 0 Å². The Labute approximate surface area is 99.0 Å². The fourth-order valence-electron chi connectivity index (χ4n) is 1.33. The maximum Gasteiger partial charge on any atom is 0.302 e. The van der Waals surface area contributed by atoms with Gasteiger partial charge in [-0.3, -0.25) is 4.79 Å². The molecule has 0 saturated carbocycles. The summed E-state index contributed by atoms with van der Waals surface area (Å²) in [7, 11) is 0. The first-order valence-electron chi connectivity index (χ1n) is 4.51. The predicted octanol–water partition coefficient (Wildman–Crippen LogP) is 3.43. The number of rotatable bonds is 3. The SMILES string of the molecule is CSc1c(C)cc(COC(C)=O)cc1Cl. The molecule has 82 valence electrons. The topological polar surface area (TPSA) is 26.3 Å². The lowest BCUT2D eigenvalue weighted by Crippen LogP contribution is -1.99. The molecule has 0 heterocycles. The number of benzene rings is 1. The monoisotopic (exact) mass is 244 g/mol. The Hall–Kier alpha value is -0.670. The summed E-state index contributed by atoms with van der Waals surface area (Å²) in [5.74, 6) is -0.280. The molecule has 0 aliphatic heterocycles. The molecule has 0 unspecified atom stereocenters. The average Bonchev–Trinajstić information content (AvgIpc) is 2.14. The summed E-state index contributed by atoms with van der Waals surface area (Å²) in [5, 5.41) is 0.713. The third-order valence-electron chi connectivity index (χ3n) is 1.94. The third kappa shape index (κ3) is 3.43. The van der Waals surface area contributed by atoms with Crippen LogP contribution in [-0.4, -0.2) is 12.2 Å². The second-order valence-electron chi connectivity index (χ2n) is 3.21. The first-order valence-corrected chi connectivity index (χ1v) is 6.11. The maximum absolute atomic E-state index is 10.7. The van der Waals surface area contributed by atoms with E-state index >= 15 is 0 Å². The Morgan fingerprint density at radius 2 is 2.20 bits per heavy atom. The van der Waals surface area contributed by atoms with Gasteiger partial charge in [-0.1, -0.05) is 17.7 Å². The summed E-state index contributed by atoms with van der Waals surface area (Å²) in [5.41, 5.74) is 2.03. The number of ether oxygens (including phenoxy) is 1. The van der Waals surface area contributed by atoms with Crippen molar-refractivity contribution >= 4 is 29.3 Å². The molecule has 0 amide bonds. The van der Waals surface area contributed by atoms with Gasteiger partial charge in [-0.15, -0.1) is 11.8 Å². The van der Waals surface area contributed by atoms with Crippen molar-refractivity contribution in [2.45, 2.75) is 25.3 Å². The van der Waals surface area contributed by atoms with Crippen molar-refractivity contribution in [3.63, 3.8) is 0 Å². The summed E-state index contributed by atoms with van der Waals surface area (Å²) in [6, 6.07) is 3.82. The predicted molar refractivity (Wildman–Crippen MR) is 63.4 cm³/mol. The molecule has 0 bridgehead atoms. The van der Waals surface area contributed by atoms with Crippen LogP contribution in [0, 0.1) is 6.92 Å². The minimum atomic E-state index is -0.280. The lowest BCUT2D eigenvalue weighted by atomic mass is 10.1. The van der Waals surface area contributed by atoms with Crippen molar-refractivity contribution < 1.29 is 9.53 Å². The van der Waals surface area contributed by atoms with Crippen LogP contribution in [0.5, 0.6) is 0 Å². The molecule has 0 spiro atoms. The van der Waals surface area contributed by atoms with E-state index in [1.807, 2.05) is 25.3 Å². The van der Waals surface area contributed by atoms with Crippen LogP contribution in [0.1, 0.15) is 18.1 Å². The van der Waals surface area contributed by atoms with Gasteiger partial charge in [-0.2, -0.15) is 0 Å². The summed E-state index contributed by atoms with van der Waals surface area (Å²) < 4.78 is 4.91. The molecular formula is C11H13ClO2S.